The summed E-state index contributed by atoms with van der Waals surface area (Å²) in [4.78, 5) is 19.7. The van der Waals surface area contributed by atoms with Gasteiger partial charge in [-0.15, -0.1) is 11.3 Å². The number of hydrogen-bond donors (Lipinski definition) is 0. The molecule has 4 aromatic rings. The Morgan fingerprint density at radius 2 is 1.97 bits per heavy atom. The minimum atomic E-state index is -0.0734. The number of likely N-dealkylation sites (tertiary alicyclic amines) is 1. The first-order valence-electron chi connectivity index (χ1n) is 9.63. The van der Waals surface area contributed by atoms with Crippen LogP contribution in [0.3, 0.4) is 0 Å². The van der Waals surface area contributed by atoms with Crippen LogP contribution in [0.15, 0.2) is 65.1 Å². The molecule has 146 valence electrons. The monoisotopic (exact) mass is 404 g/mol. The fourth-order valence-corrected chi connectivity index (χ4v) is 4.80. The van der Waals surface area contributed by atoms with Gasteiger partial charge in [-0.1, -0.05) is 24.3 Å². The number of para-hydroxylation sites is 1. The van der Waals surface area contributed by atoms with Crippen molar-refractivity contribution >= 4 is 27.5 Å². The molecular formula is C23H20N2O3S. The number of fused-ring (bicyclic) bond motifs is 1. The van der Waals surface area contributed by atoms with Crippen LogP contribution in [0.1, 0.15) is 35.0 Å². The van der Waals surface area contributed by atoms with Gasteiger partial charge in [0.15, 0.2) is 16.5 Å². The Balaban J connectivity index is 1.39. The van der Waals surface area contributed by atoms with Crippen molar-refractivity contribution in [1.82, 2.24) is 9.88 Å². The third kappa shape index (κ3) is 3.29. The molecule has 2 aromatic heterocycles. The second kappa shape index (κ2) is 7.37. The van der Waals surface area contributed by atoms with E-state index in [4.69, 9.17) is 9.15 Å². The number of aromatic nitrogens is 1. The average molecular weight is 404 g/mol. The molecule has 1 saturated heterocycles. The first-order chi connectivity index (χ1) is 14.2. The maximum atomic E-state index is 13.2. The van der Waals surface area contributed by atoms with E-state index < -0.39 is 0 Å². The van der Waals surface area contributed by atoms with E-state index in [0.717, 1.165) is 45.9 Å². The Kier molecular flexibility index (Phi) is 4.56. The fraction of sp³-hybridized carbons (Fsp3) is 0.217. The molecule has 3 heterocycles. The van der Waals surface area contributed by atoms with E-state index in [-0.39, 0.29) is 11.9 Å². The Bertz CT molecular complexity index is 1130. The summed E-state index contributed by atoms with van der Waals surface area (Å²) in [6, 6.07) is 19.6. The lowest BCUT2D eigenvalue weighted by atomic mass is 10.0. The predicted molar refractivity (Wildman–Crippen MR) is 113 cm³/mol. The number of methoxy groups -OCH3 is 1. The Morgan fingerprint density at radius 3 is 2.76 bits per heavy atom. The van der Waals surface area contributed by atoms with E-state index in [1.54, 1.807) is 24.5 Å². The molecule has 29 heavy (non-hydrogen) atoms. The van der Waals surface area contributed by atoms with Crippen molar-refractivity contribution in [3.05, 3.63) is 72.0 Å². The summed E-state index contributed by atoms with van der Waals surface area (Å²) in [6.07, 6.45) is 1.93. The van der Waals surface area contributed by atoms with Gasteiger partial charge < -0.3 is 14.1 Å². The maximum Gasteiger partial charge on any atom is 0.290 e. The maximum absolute atomic E-state index is 13.2. The predicted octanol–water partition coefficient (Wildman–Crippen LogP) is 5.54. The zero-order chi connectivity index (χ0) is 19.8. The van der Waals surface area contributed by atoms with E-state index in [9.17, 15) is 4.79 Å². The number of benzene rings is 2. The lowest BCUT2D eigenvalue weighted by Crippen LogP contribution is -2.30. The molecule has 1 unspecified atom stereocenters. The van der Waals surface area contributed by atoms with Crippen LogP contribution in [0.25, 0.3) is 21.0 Å². The third-order valence-electron chi connectivity index (χ3n) is 5.34. The van der Waals surface area contributed by atoms with Crippen molar-refractivity contribution < 1.29 is 13.9 Å². The number of thiazole rings is 1. The van der Waals surface area contributed by atoms with Gasteiger partial charge in [-0.2, -0.15) is 0 Å². The molecule has 1 fully saturated rings. The summed E-state index contributed by atoms with van der Waals surface area (Å²) in [6.45, 7) is 0.729. The Hall–Kier alpha value is -3.12. The summed E-state index contributed by atoms with van der Waals surface area (Å²) >= 11 is 1.57. The number of carbonyl (C=O) groups is 1. The number of furan rings is 1. The van der Waals surface area contributed by atoms with E-state index >= 15 is 0 Å². The first-order valence-corrected chi connectivity index (χ1v) is 10.5. The Labute approximate surface area is 172 Å². The molecule has 0 radical (unpaired) electrons. The van der Waals surface area contributed by atoms with Crippen molar-refractivity contribution in [1.29, 1.82) is 0 Å². The number of carbonyl (C=O) groups excluding carboxylic acids is 1. The van der Waals surface area contributed by atoms with Crippen LogP contribution in [-0.2, 0) is 0 Å². The van der Waals surface area contributed by atoms with Gasteiger partial charge >= 0.3 is 0 Å². The quantitative estimate of drug-likeness (QED) is 0.448. The molecule has 1 atom stereocenters. The van der Waals surface area contributed by atoms with Crippen LogP contribution in [0.5, 0.6) is 5.75 Å². The highest BCUT2D eigenvalue weighted by Crippen LogP contribution is 2.35. The van der Waals surface area contributed by atoms with E-state index in [2.05, 4.69) is 4.98 Å². The third-order valence-corrected chi connectivity index (χ3v) is 6.39. The number of hydrogen-bond acceptors (Lipinski definition) is 5. The summed E-state index contributed by atoms with van der Waals surface area (Å²) in [5, 5.41) is 0.790. The van der Waals surface area contributed by atoms with Gasteiger partial charge in [-0.3, -0.25) is 4.79 Å². The number of amides is 1. The molecule has 0 aliphatic carbocycles. The van der Waals surface area contributed by atoms with Crippen LogP contribution < -0.4 is 4.74 Å². The summed E-state index contributed by atoms with van der Waals surface area (Å²) in [5.41, 5.74) is 2.06. The zero-order valence-electron chi connectivity index (χ0n) is 16.0. The molecule has 0 bridgehead atoms. The van der Waals surface area contributed by atoms with Crippen LogP contribution in [0.4, 0.5) is 0 Å². The molecule has 0 N–H and O–H groups in total. The summed E-state index contributed by atoms with van der Waals surface area (Å²) in [7, 11) is 1.65. The summed E-state index contributed by atoms with van der Waals surface area (Å²) < 4.78 is 12.3. The molecule has 0 saturated carbocycles. The van der Waals surface area contributed by atoms with Gasteiger partial charge in [-0.05, 0) is 54.8 Å². The van der Waals surface area contributed by atoms with Gasteiger partial charge in [0, 0.05) is 6.54 Å². The zero-order valence-corrected chi connectivity index (χ0v) is 16.8. The first kappa shape index (κ1) is 17.9. The van der Waals surface area contributed by atoms with Crippen molar-refractivity contribution in [2.24, 2.45) is 0 Å². The number of ether oxygens (including phenoxy) is 1. The average Bonchev–Trinajstić information content (AvgIpc) is 3.52. The second-order valence-electron chi connectivity index (χ2n) is 7.08. The second-order valence-corrected chi connectivity index (χ2v) is 8.11. The minimum Gasteiger partial charge on any atom is -0.497 e. The molecule has 2 aromatic carbocycles. The van der Waals surface area contributed by atoms with Gasteiger partial charge in [0.1, 0.15) is 5.75 Å². The molecule has 1 aliphatic rings. The molecule has 5 rings (SSSR count). The van der Waals surface area contributed by atoms with Crippen LogP contribution in [-0.4, -0.2) is 29.4 Å². The van der Waals surface area contributed by atoms with Crippen molar-refractivity contribution in [2.45, 2.75) is 18.9 Å². The standard InChI is InChI=1S/C23H20N2O3S/c1-27-16-10-8-15(9-11-16)18-6-4-14-25(18)23(26)20-13-12-19(28-20)22-24-17-5-2-3-7-21(17)29-22/h2-3,5,7-13,18H,4,6,14H2,1H3. The van der Waals surface area contributed by atoms with Gasteiger partial charge in [0.05, 0.1) is 23.4 Å². The highest BCUT2D eigenvalue weighted by molar-refractivity contribution is 7.21. The lowest BCUT2D eigenvalue weighted by molar-refractivity contribution is 0.0704. The van der Waals surface area contributed by atoms with Crippen molar-refractivity contribution in [2.75, 3.05) is 13.7 Å². The van der Waals surface area contributed by atoms with Crippen LogP contribution in [0, 0.1) is 0 Å². The molecule has 1 aliphatic heterocycles. The van der Waals surface area contributed by atoms with E-state index in [0.29, 0.717) is 11.5 Å². The van der Waals surface area contributed by atoms with Crippen LogP contribution in [0.2, 0.25) is 0 Å². The topological polar surface area (TPSA) is 55.6 Å². The van der Waals surface area contributed by atoms with E-state index in [1.807, 2.05) is 59.5 Å². The van der Waals surface area contributed by atoms with Crippen molar-refractivity contribution in [3.8, 4) is 16.5 Å². The normalized spacial score (nSPS) is 16.4. The minimum absolute atomic E-state index is 0.0596. The smallest absolute Gasteiger partial charge is 0.290 e. The highest BCUT2D eigenvalue weighted by Gasteiger charge is 2.32. The van der Waals surface area contributed by atoms with Gasteiger partial charge in [0.2, 0.25) is 0 Å². The molecule has 0 spiro atoms. The summed E-state index contributed by atoms with van der Waals surface area (Å²) in [5.74, 6) is 1.74. The molecule has 1 amide bonds. The fourth-order valence-electron chi connectivity index (χ4n) is 3.87. The molecule has 6 heteroatoms. The van der Waals surface area contributed by atoms with Crippen LogP contribution >= 0.6 is 11.3 Å². The molecule has 5 nitrogen and oxygen atoms in total. The SMILES string of the molecule is COc1ccc(C2CCCN2C(=O)c2ccc(-c3nc4ccccc4s3)o2)cc1. The number of nitrogens with zero attached hydrogens (tertiary/aromatic N) is 2. The number of rotatable bonds is 4. The Morgan fingerprint density at radius 1 is 1.14 bits per heavy atom. The van der Waals surface area contributed by atoms with Gasteiger partial charge in [0.25, 0.3) is 5.91 Å². The highest BCUT2D eigenvalue weighted by atomic mass is 32.1. The van der Waals surface area contributed by atoms with E-state index in [1.165, 1.54) is 0 Å². The van der Waals surface area contributed by atoms with Gasteiger partial charge in [-0.25, -0.2) is 4.98 Å². The lowest BCUT2D eigenvalue weighted by Gasteiger charge is -2.24. The molecular weight excluding hydrogens is 384 g/mol. The largest absolute Gasteiger partial charge is 0.497 e. The van der Waals surface area contributed by atoms with Crippen molar-refractivity contribution in [3.63, 3.8) is 0 Å².